The van der Waals surface area contributed by atoms with Gasteiger partial charge in [0.1, 0.15) is 17.1 Å². The summed E-state index contributed by atoms with van der Waals surface area (Å²) >= 11 is 2.79. The Bertz CT molecular complexity index is 384. The van der Waals surface area contributed by atoms with Gasteiger partial charge < -0.3 is 10.8 Å². The Morgan fingerprint density at radius 2 is 2.21 bits per heavy atom. The lowest BCUT2D eigenvalue weighted by atomic mass is 10.2. The third-order valence-electron chi connectivity index (χ3n) is 1.47. The molecule has 0 aliphatic carbocycles. The molecule has 0 aromatic carbocycles. The van der Waals surface area contributed by atoms with Crippen molar-refractivity contribution in [1.29, 1.82) is 0 Å². The number of hydrogen-bond acceptors (Lipinski definition) is 3. The molecule has 0 bridgehead atoms. The fourth-order valence-electron chi connectivity index (χ4n) is 0.842. The number of alkyl halides is 2. The first-order valence-electron chi connectivity index (χ1n) is 3.41. The van der Waals surface area contributed by atoms with Gasteiger partial charge >= 0.3 is 5.97 Å². The number of nitrogen functional groups attached to an aromatic ring is 1. The quantitative estimate of drug-likeness (QED) is 0.859. The fourth-order valence-corrected chi connectivity index (χ4v) is 1.33. The molecule has 0 atom stereocenters. The van der Waals surface area contributed by atoms with Crippen LogP contribution in [0, 0.1) is 0 Å². The van der Waals surface area contributed by atoms with Crippen LogP contribution in [-0.4, -0.2) is 16.1 Å². The Kier molecular flexibility index (Phi) is 3.00. The van der Waals surface area contributed by atoms with Gasteiger partial charge in [-0.25, -0.2) is 18.6 Å². The van der Waals surface area contributed by atoms with Gasteiger partial charge in [0.05, 0.1) is 0 Å². The summed E-state index contributed by atoms with van der Waals surface area (Å²) in [5.74, 6) is -1.73. The number of hydrogen-bond donors (Lipinski definition) is 2. The highest BCUT2D eigenvalue weighted by Crippen LogP contribution is 2.28. The maximum Gasteiger partial charge on any atom is 0.339 e. The highest BCUT2D eigenvalue weighted by molar-refractivity contribution is 9.10. The average Bonchev–Trinajstić information content (AvgIpc) is 2.07. The lowest BCUT2D eigenvalue weighted by molar-refractivity contribution is 0.0697. The standard InChI is InChI=1S/C7H5BrF2N2O2/c8-3-1-2(7(13)14)6(11)12-4(3)5(9)10/h1,5H,(H2,11,12)(H,13,14). The summed E-state index contributed by atoms with van der Waals surface area (Å²) in [6, 6.07) is 1.01. The number of nitrogens with two attached hydrogens (primary N) is 1. The molecule has 7 heteroatoms. The molecule has 1 rings (SSSR count). The van der Waals surface area contributed by atoms with Crippen LogP contribution in [0.2, 0.25) is 0 Å². The molecule has 0 aliphatic heterocycles. The second kappa shape index (κ2) is 3.87. The van der Waals surface area contributed by atoms with Crippen LogP contribution in [0.3, 0.4) is 0 Å². The molecule has 0 spiro atoms. The van der Waals surface area contributed by atoms with Gasteiger partial charge in [0.2, 0.25) is 0 Å². The second-order valence-corrected chi connectivity index (χ2v) is 3.25. The van der Waals surface area contributed by atoms with Gasteiger partial charge in [-0.2, -0.15) is 0 Å². The molecular formula is C7H5BrF2N2O2. The molecule has 0 unspecified atom stereocenters. The monoisotopic (exact) mass is 266 g/mol. The number of nitrogens with zero attached hydrogens (tertiary/aromatic N) is 1. The largest absolute Gasteiger partial charge is 0.478 e. The van der Waals surface area contributed by atoms with E-state index in [4.69, 9.17) is 10.8 Å². The fraction of sp³-hybridized carbons (Fsp3) is 0.143. The number of anilines is 1. The summed E-state index contributed by atoms with van der Waals surface area (Å²) < 4.78 is 24.4. The zero-order valence-corrected chi connectivity index (χ0v) is 8.25. The van der Waals surface area contributed by atoms with Crippen molar-refractivity contribution in [1.82, 2.24) is 4.98 Å². The molecule has 4 nitrogen and oxygen atoms in total. The molecule has 0 saturated heterocycles. The third kappa shape index (κ3) is 1.98. The summed E-state index contributed by atoms with van der Waals surface area (Å²) in [5.41, 5.74) is 4.32. The van der Waals surface area contributed by atoms with Gasteiger partial charge in [-0.3, -0.25) is 0 Å². The predicted octanol–water partition coefficient (Wildman–Crippen LogP) is 2.06. The number of carboxylic acid groups (broad SMARTS) is 1. The number of halogens is 3. The number of carboxylic acids is 1. The zero-order valence-electron chi connectivity index (χ0n) is 6.67. The Hall–Kier alpha value is -1.24. The summed E-state index contributed by atoms with van der Waals surface area (Å²) in [7, 11) is 0. The molecule has 0 aliphatic rings. The van der Waals surface area contributed by atoms with Gasteiger partial charge in [-0.1, -0.05) is 0 Å². The maximum atomic E-state index is 12.2. The molecule has 0 radical (unpaired) electrons. The highest BCUT2D eigenvalue weighted by Gasteiger charge is 2.18. The first-order valence-corrected chi connectivity index (χ1v) is 4.20. The number of rotatable bonds is 2. The van der Waals surface area contributed by atoms with Crippen molar-refractivity contribution in [3.05, 3.63) is 21.8 Å². The van der Waals surface area contributed by atoms with E-state index >= 15 is 0 Å². The van der Waals surface area contributed by atoms with E-state index in [9.17, 15) is 13.6 Å². The van der Waals surface area contributed by atoms with Gasteiger partial charge in [0, 0.05) is 4.47 Å². The average molecular weight is 267 g/mol. The van der Waals surface area contributed by atoms with Crippen molar-refractivity contribution < 1.29 is 18.7 Å². The molecular weight excluding hydrogens is 262 g/mol. The first-order chi connectivity index (χ1) is 6.43. The minimum atomic E-state index is -2.80. The van der Waals surface area contributed by atoms with E-state index in [2.05, 4.69) is 20.9 Å². The van der Waals surface area contributed by atoms with Gasteiger partial charge in [-0.05, 0) is 22.0 Å². The van der Waals surface area contributed by atoms with Gasteiger partial charge in [-0.15, -0.1) is 0 Å². The lowest BCUT2D eigenvalue weighted by Crippen LogP contribution is -2.07. The van der Waals surface area contributed by atoms with Crippen LogP contribution in [0.1, 0.15) is 22.5 Å². The lowest BCUT2D eigenvalue weighted by Gasteiger charge is -2.05. The SMILES string of the molecule is Nc1nc(C(F)F)c(Br)cc1C(=O)O. The molecule has 0 amide bonds. The topological polar surface area (TPSA) is 76.2 Å². The highest BCUT2D eigenvalue weighted by atomic mass is 79.9. The van der Waals surface area contributed by atoms with Crippen LogP contribution in [0.15, 0.2) is 10.5 Å². The number of pyridine rings is 1. The molecule has 76 valence electrons. The van der Waals surface area contributed by atoms with Crippen LogP contribution >= 0.6 is 15.9 Å². The Balaban J connectivity index is 3.31. The summed E-state index contributed by atoms with van der Waals surface area (Å²) in [4.78, 5) is 13.8. The zero-order chi connectivity index (χ0) is 10.9. The van der Waals surface area contributed by atoms with Crippen LogP contribution in [0.25, 0.3) is 0 Å². The molecule has 1 heterocycles. The summed E-state index contributed by atoms with van der Waals surface area (Å²) in [6.45, 7) is 0. The van der Waals surface area contributed by atoms with Crippen molar-refractivity contribution in [2.24, 2.45) is 0 Å². The van der Waals surface area contributed by atoms with E-state index in [1.165, 1.54) is 0 Å². The van der Waals surface area contributed by atoms with E-state index in [0.29, 0.717) is 0 Å². The van der Waals surface area contributed by atoms with Crippen molar-refractivity contribution in [2.45, 2.75) is 6.43 Å². The summed E-state index contributed by atoms with van der Waals surface area (Å²) in [6.07, 6.45) is -2.80. The molecule has 1 aromatic rings. The number of aromatic carboxylic acids is 1. The van der Waals surface area contributed by atoms with Crippen molar-refractivity contribution in [2.75, 3.05) is 5.73 Å². The smallest absolute Gasteiger partial charge is 0.339 e. The van der Waals surface area contributed by atoms with E-state index < -0.39 is 23.9 Å². The van der Waals surface area contributed by atoms with Crippen LogP contribution in [0.4, 0.5) is 14.6 Å². The predicted molar refractivity (Wildman–Crippen MR) is 48.3 cm³/mol. The van der Waals surface area contributed by atoms with E-state index in [1.54, 1.807) is 0 Å². The van der Waals surface area contributed by atoms with Crippen molar-refractivity contribution >= 4 is 27.7 Å². The van der Waals surface area contributed by atoms with Crippen LogP contribution < -0.4 is 5.73 Å². The molecule has 3 N–H and O–H groups in total. The summed E-state index contributed by atoms with van der Waals surface area (Å²) in [5, 5.41) is 8.59. The minimum absolute atomic E-state index is 0.0703. The Labute approximate surface area is 85.9 Å². The molecule has 14 heavy (non-hydrogen) atoms. The van der Waals surface area contributed by atoms with E-state index in [1.807, 2.05) is 0 Å². The normalized spacial score (nSPS) is 10.6. The minimum Gasteiger partial charge on any atom is -0.478 e. The van der Waals surface area contributed by atoms with Crippen molar-refractivity contribution in [3.8, 4) is 0 Å². The van der Waals surface area contributed by atoms with Gasteiger partial charge in [0.15, 0.2) is 0 Å². The van der Waals surface area contributed by atoms with Gasteiger partial charge in [0.25, 0.3) is 6.43 Å². The third-order valence-corrected chi connectivity index (χ3v) is 2.10. The molecule has 1 aromatic heterocycles. The van der Waals surface area contributed by atoms with Crippen molar-refractivity contribution in [3.63, 3.8) is 0 Å². The second-order valence-electron chi connectivity index (χ2n) is 2.39. The molecule has 0 fully saturated rings. The van der Waals surface area contributed by atoms with E-state index in [-0.39, 0.29) is 10.0 Å². The molecule has 0 saturated carbocycles. The number of carbonyl (C=O) groups is 1. The van der Waals surface area contributed by atoms with E-state index in [0.717, 1.165) is 6.07 Å². The van der Waals surface area contributed by atoms with Crippen LogP contribution in [0.5, 0.6) is 0 Å². The first kappa shape index (κ1) is 10.8. The Morgan fingerprint density at radius 1 is 1.64 bits per heavy atom. The maximum absolute atomic E-state index is 12.2. The Morgan fingerprint density at radius 3 is 2.64 bits per heavy atom. The van der Waals surface area contributed by atoms with Crippen LogP contribution in [-0.2, 0) is 0 Å². The number of aromatic nitrogens is 1.